The van der Waals surface area contributed by atoms with E-state index < -0.39 is 10.0 Å². The second kappa shape index (κ2) is 14.1. The fourth-order valence-electron chi connectivity index (χ4n) is 3.51. The van der Waals surface area contributed by atoms with Gasteiger partial charge in [0, 0.05) is 45.7 Å². The van der Waals surface area contributed by atoms with Crippen molar-refractivity contribution in [1.29, 1.82) is 0 Å². The van der Waals surface area contributed by atoms with Crippen LogP contribution in [-0.4, -0.2) is 58.8 Å². The number of ether oxygens (including phenoxy) is 1. The molecule has 1 aliphatic carbocycles. The van der Waals surface area contributed by atoms with E-state index in [2.05, 4.69) is 25.3 Å². The third-order valence-electron chi connectivity index (χ3n) is 4.91. The van der Waals surface area contributed by atoms with Gasteiger partial charge in [-0.2, -0.15) is 0 Å². The summed E-state index contributed by atoms with van der Waals surface area (Å²) in [6, 6.07) is 3.11. The molecule has 1 unspecified atom stereocenters. The number of guanidine groups is 1. The summed E-state index contributed by atoms with van der Waals surface area (Å²) in [6.45, 7) is 4.23. The standard InChI is InChI=1S/C19H33N5O3S.HI/c1-3-27-18(16-7-4-5-8-16)10-12-22-19(20-2)23-13-14-24-28(25,26)17-9-6-11-21-15-17;/h6,9,11,15-16,18,24H,3-5,7-8,10,12-14H2,1-2H3,(H2,20,22,23);1H. The molecule has 1 aromatic rings. The molecule has 0 aliphatic heterocycles. The van der Waals surface area contributed by atoms with Crippen molar-refractivity contribution >= 4 is 40.0 Å². The first-order chi connectivity index (χ1) is 13.6. The lowest BCUT2D eigenvalue weighted by Gasteiger charge is -2.24. The van der Waals surface area contributed by atoms with Gasteiger partial charge in [-0.25, -0.2) is 13.1 Å². The molecule has 0 amide bonds. The summed E-state index contributed by atoms with van der Waals surface area (Å²) >= 11 is 0. The summed E-state index contributed by atoms with van der Waals surface area (Å²) in [5.74, 6) is 1.32. The normalized spacial score (nSPS) is 16.3. The van der Waals surface area contributed by atoms with Crippen LogP contribution >= 0.6 is 24.0 Å². The highest BCUT2D eigenvalue weighted by Crippen LogP contribution is 2.30. The molecule has 166 valence electrons. The predicted octanol–water partition coefficient (Wildman–Crippen LogP) is 2.13. The number of halogens is 1. The van der Waals surface area contributed by atoms with Crippen LogP contribution in [0.3, 0.4) is 0 Å². The molecule has 1 heterocycles. The maximum atomic E-state index is 12.1. The van der Waals surface area contributed by atoms with Gasteiger partial charge >= 0.3 is 0 Å². The minimum atomic E-state index is -3.54. The summed E-state index contributed by atoms with van der Waals surface area (Å²) in [5.41, 5.74) is 0. The van der Waals surface area contributed by atoms with Crippen molar-refractivity contribution in [2.75, 3.05) is 33.3 Å². The van der Waals surface area contributed by atoms with Crippen LogP contribution in [0.25, 0.3) is 0 Å². The number of rotatable bonds is 11. The van der Waals surface area contributed by atoms with Gasteiger partial charge in [0.1, 0.15) is 4.90 Å². The van der Waals surface area contributed by atoms with Crippen molar-refractivity contribution in [3.8, 4) is 0 Å². The van der Waals surface area contributed by atoms with Gasteiger partial charge in [-0.05, 0) is 44.2 Å². The van der Waals surface area contributed by atoms with E-state index in [0.29, 0.717) is 24.5 Å². The maximum Gasteiger partial charge on any atom is 0.242 e. The van der Waals surface area contributed by atoms with Crippen molar-refractivity contribution in [2.45, 2.75) is 50.0 Å². The molecule has 0 bridgehead atoms. The topological polar surface area (TPSA) is 105 Å². The lowest BCUT2D eigenvalue weighted by atomic mass is 9.98. The number of sulfonamides is 1. The molecule has 3 N–H and O–H groups in total. The lowest BCUT2D eigenvalue weighted by Crippen LogP contribution is -2.42. The van der Waals surface area contributed by atoms with Gasteiger partial charge in [-0.1, -0.05) is 12.8 Å². The zero-order valence-corrected chi connectivity index (χ0v) is 20.4. The smallest absolute Gasteiger partial charge is 0.242 e. The van der Waals surface area contributed by atoms with Gasteiger partial charge in [0.05, 0.1) is 6.10 Å². The van der Waals surface area contributed by atoms with E-state index in [-0.39, 0.29) is 35.4 Å². The Labute approximate surface area is 191 Å². The van der Waals surface area contributed by atoms with Crippen LogP contribution in [0, 0.1) is 5.92 Å². The van der Waals surface area contributed by atoms with Gasteiger partial charge in [-0.15, -0.1) is 24.0 Å². The van der Waals surface area contributed by atoms with Crippen molar-refractivity contribution < 1.29 is 13.2 Å². The molecule has 0 radical (unpaired) electrons. The minimum Gasteiger partial charge on any atom is -0.378 e. The van der Waals surface area contributed by atoms with Crippen molar-refractivity contribution in [3.05, 3.63) is 24.5 Å². The summed E-state index contributed by atoms with van der Waals surface area (Å²) in [5, 5.41) is 6.41. The highest BCUT2D eigenvalue weighted by atomic mass is 127. The lowest BCUT2D eigenvalue weighted by molar-refractivity contribution is 0.0169. The number of hydrogen-bond acceptors (Lipinski definition) is 5. The van der Waals surface area contributed by atoms with Gasteiger partial charge < -0.3 is 15.4 Å². The van der Waals surface area contributed by atoms with Crippen molar-refractivity contribution in [1.82, 2.24) is 20.3 Å². The number of aliphatic imine (C=N–C) groups is 1. The zero-order chi connectivity index (χ0) is 20.2. The average Bonchev–Trinajstić information content (AvgIpc) is 3.24. The fraction of sp³-hybridized carbons (Fsp3) is 0.684. The SMILES string of the molecule is CCOC(CCNC(=NC)NCCNS(=O)(=O)c1cccnc1)C1CCCC1.I. The third-order valence-corrected chi connectivity index (χ3v) is 6.35. The monoisotopic (exact) mass is 539 g/mol. The summed E-state index contributed by atoms with van der Waals surface area (Å²) in [4.78, 5) is 8.18. The first-order valence-electron chi connectivity index (χ1n) is 10.0. The van der Waals surface area contributed by atoms with Crippen LogP contribution < -0.4 is 15.4 Å². The molecular formula is C19H34IN5O3S. The Bertz CT molecular complexity index is 697. The van der Waals surface area contributed by atoms with E-state index in [1.54, 1.807) is 19.3 Å². The highest BCUT2D eigenvalue weighted by Gasteiger charge is 2.25. The maximum absolute atomic E-state index is 12.1. The molecule has 1 atom stereocenters. The van der Waals surface area contributed by atoms with E-state index >= 15 is 0 Å². The summed E-state index contributed by atoms with van der Waals surface area (Å²) in [6.07, 6.45) is 9.23. The van der Waals surface area contributed by atoms with E-state index in [0.717, 1.165) is 19.6 Å². The minimum absolute atomic E-state index is 0. The Hall–Kier alpha value is -0.980. The Morgan fingerprint density at radius 1 is 1.28 bits per heavy atom. The molecular weight excluding hydrogens is 505 g/mol. The van der Waals surface area contributed by atoms with Crippen LogP contribution in [0.5, 0.6) is 0 Å². The molecule has 10 heteroatoms. The van der Waals surface area contributed by atoms with Gasteiger partial charge in [-0.3, -0.25) is 9.98 Å². The van der Waals surface area contributed by atoms with Gasteiger partial charge in [0.2, 0.25) is 10.0 Å². The van der Waals surface area contributed by atoms with Crippen LogP contribution in [0.4, 0.5) is 0 Å². The Morgan fingerprint density at radius 3 is 2.62 bits per heavy atom. The molecule has 1 aliphatic rings. The Morgan fingerprint density at radius 2 is 2.00 bits per heavy atom. The van der Waals surface area contributed by atoms with E-state index in [1.807, 2.05) is 6.92 Å². The van der Waals surface area contributed by atoms with Crippen LogP contribution in [0.2, 0.25) is 0 Å². The summed E-state index contributed by atoms with van der Waals surface area (Å²) in [7, 11) is -1.84. The molecule has 0 aromatic carbocycles. The van der Waals surface area contributed by atoms with Crippen molar-refractivity contribution in [3.63, 3.8) is 0 Å². The molecule has 0 spiro atoms. The quantitative estimate of drug-likeness (QED) is 0.172. The third kappa shape index (κ3) is 9.14. The first-order valence-corrected chi connectivity index (χ1v) is 11.5. The molecule has 0 saturated heterocycles. The first kappa shape index (κ1) is 26.1. The average molecular weight is 539 g/mol. The molecule has 1 saturated carbocycles. The number of nitrogens with zero attached hydrogens (tertiary/aromatic N) is 2. The molecule has 2 rings (SSSR count). The highest BCUT2D eigenvalue weighted by molar-refractivity contribution is 14.0. The molecule has 1 aromatic heterocycles. The van der Waals surface area contributed by atoms with E-state index in [9.17, 15) is 8.42 Å². The second-order valence-electron chi connectivity index (χ2n) is 6.84. The Balaban J connectivity index is 0.00000420. The zero-order valence-electron chi connectivity index (χ0n) is 17.3. The van der Waals surface area contributed by atoms with Gasteiger partial charge in [0.25, 0.3) is 0 Å². The van der Waals surface area contributed by atoms with Crippen LogP contribution in [0.15, 0.2) is 34.4 Å². The predicted molar refractivity (Wildman–Crippen MR) is 126 cm³/mol. The Kier molecular flexibility index (Phi) is 12.7. The number of pyridine rings is 1. The number of nitrogens with one attached hydrogen (secondary N) is 3. The van der Waals surface area contributed by atoms with Crippen molar-refractivity contribution in [2.24, 2.45) is 10.9 Å². The molecule has 29 heavy (non-hydrogen) atoms. The van der Waals surface area contributed by atoms with Crippen LogP contribution in [0.1, 0.15) is 39.0 Å². The molecule has 8 nitrogen and oxygen atoms in total. The number of hydrogen-bond donors (Lipinski definition) is 3. The van der Waals surface area contributed by atoms with Crippen LogP contribution in [-0.2, 0) is 14.8 Å². The largest absolute Gasteiger partial charge is 0.378 e. The molecule has 1 fully saturated rings. The number of aromatic nitrogens is 1. The summed E-state index contributed by atoms with van der Waals surface area (Å²) < 4.78 is 32.8. The fourth-order valence-corrected chi connectivity index (χ4v) is 4.50. The van der Waals surface area contributed by atoms with E-state index in [4.69, 9.17) is 4.74 Å². The van der Waals surface area contributed by atoms with Gasteiger partial charge in [0.15, 0.2) is 5.96 Å². The second-order valence-corrected chi connectivity index (χ2v) is 8.61. The van der Waals surface area contributed by atoms with E-state index in [1.165, 1.54) is 37.9 Å².